The number of benzene rings is 1. The van der Waals surface area contributed by atoms with E-state index in [9.17, 15) is 4.39 Å². The van der Waals surface area contributed by atoms with Gasteiger partial charge in [0.05, 0.1) is 16.6 Å². The number of aliphatic imine (C=N–C) groups is 1. The third kappa shape index (κ3) is 4.00. The van der Waals surface area contributed by atoms with E-state index in [1.54, 1.807) is 0 Å². The van der Waals surface area contributed by atoms with E-state index in [0.717, 1.165) is 42.4 Å². The number of hydrogen-bond acceptors (Lipinski definition) is 3. The van der Waals surface area contributed by atoms with E-state index in [2.05, 4.69) is 30.6 Å². The van der Waals surface area contributed by atoms with Crippen LogP contribution in [0, 0.1) is 11.2 Å². The largest absolute Gasteiger partial charge is 0.293 e. The highest BCUT2D eigenvalue weighted by Gasteiger charge is 2.57. The van der Waals surface area contributed by atoms with E-state index in [4.69, 9.17) is 17.2 Å². The van der Waals surface area contributed by atoms with Crippen LogP contribution < -0.4 is 4.90 Å². The zero-order valence-electron chi connectivity index (χ0n) is 18.1. The molecule has 0 amide bonds. The molecule has 2 aliphatic heterocycles. The van der Waals surface area contributed by atoms with Crippen LogP contribution in [0.25, 0.3) is 0 Å². The van der Waals surface area contributed by atoms with Crippen molar-refractivity contribution in [2.75, 3.05) is 18.0 Å². The van der Waals surface area contributed by atoms with Crippen molar-refractivity contribution in [3.63, 3.8) is 0 Å². The maximum Gasteiger partial charge on any atom is 0.127 e. The van der Waals surface area contributed by atoms with Gasteiger partial charge in [0.1, 0.15) is 11.7 Å². The SMILES string of the molecule is CC(C)(C)N=C1C(N2CCCCC2)C2(CCCCC2)C(=S)N1c1ccc(F)cc1. The van der Waals surface area contributed by atoms with Crippen LogP contribution in [0.3, 0.4) is 0 Å². The Hall–Kier alpha value is -1.33. The van der Waals surface area contributed by atoms with Crippen LogP contribution >= 0.6 is 12.2 Å². The Morgan fingerprint density at radius 1 is 0.966 bits per heavy atom. The molecule has 1 unspecified atom stereocenters. The molecular weight excluding hydrogens is 381 g/mol. The Kier molecular flexibility index (Phi) is 5.82. The van der Waals surface area contributed by atoms with Crippen molar-refractivity contribution >= 4 is 28.7 Å². The summed E-state index contributed by atoms with van der Waals surface area (Å²) in [6.07, 6.45) is 9.82. The van der Waals surface area contributed by atoms with Gasteiger partial charge < -0.3 is 0 Å². The van der Waals surface area contributed by atoms with Crippen LogP contribution in [0.2, 0.25) is 0 Å². The highest BCUT2D eigenvalue weighted by atomic mass is 32.1. The predicted octanol–water partition coefficient (Wildman–Crippen LogP) is 5.98. The molecule has 4 rings (SSSR count). The fourth-order valence-corrected chi connectivity index (χ4v) is 5.98. The second kappa shape index (κ2) is 8.07. The molecule has 0 aromatic heterocycles. The molecule has 1 aromatic rings. The molecule has 158 valence electrons. The van der Waals surface area contributed by atoms with Crippen molar-refractivity contribution in [3.05, 3.63) is 30.1 Å². The highest BCUT2D eigenvalue weighted by molar-refractivity contribution is 7.80. The summed E-state index contributed by atoms with van der Waals surface area (Å²) >= 11 is 6.22. The van der Waals surface area contributed by atoms with E-state index >= 15 is 0 Å². The van der Waals surface area contributed by atoms with E-state index in [-0.39, 0.29) is 22.8 Å². The fraction of sp³-hybridized carbons (Fsp3) is 0.667. The second-order valence-electron chi connectivity index (χ2n) is 9.97. The summed E-state index contributed by atoms with van der Waals surface area (Å²) in [5.41, 5.74) is 0.727. The lowest BCUT2D eigenvalue weighted by Crippen LogP contribution is -2.53. The zero-order valence-corrected chi connectivity index (χ0v) is 18.9. The zero-order chi connectivity index (χ0) is 20.6. The van der Waals surface area contributed by atoms with Crippen molar-refractivity contribution in [1.29, 1.82) is 0 Å². The summed E-state index contributed by atoms with van der Waals surface area (Å²) in [5, 5.41) is 0. The van der Waals surface area contributed by atoms with Crippen LogP contribution in [0.4, 0.5) is 10.1 Å². The lowest BCUT2D eigenvalue weighted by molar-refractivity contribution is 0.112. The minimum atomic E-state index is -0.215. The van der Waals surface area contributed by atoms with Crippen molar-refractivity contribution in [2.45, 2.75) is 83.7 Å². The van der Waals surface area contributed by atoms with Crippen molar-refractivity contribution in [2.24, 2.45) is 10.4 Å². The topological polar surface area (TPSA) is 18.8 Å². The molecule has 0 radical (unpaired) electrons. The van der Waals surface area contributed by atoms with Gasteiger partial charge in [0, 0.05) is 11.1 Å². The van der Waals surface area contributed by atoms with Gasteiger partial charge in [0.15, 0.2) is 0 Å². The normalized spacial score (nSPS) is 27.2. The monoisotopic (exact) mass is 415 g/mol. The first-order valence-corrected chi connectivity index (χ1v) is 11.7. The number of piperidine rings is 1. The Morgan fingerprint density at radius 3 is 2.14 bits per heavy atom. The first-order valence-electron chi connectivity index (χ1n) is 11.3. The van der Waals surface area contributed by atoms with E-state index in [1.165, 1.54) is 50.7 Å². The Bertz CT molecular complexity index is 768. The average molecular weight is 416 g/mol. The van der Waals surface area contributed by atoms with Crippen molar-refractivity contribution in [1.82, 2.24) is 4.90 Å². The predicted molar refractivity (Wildman–Crippen MR) is 123 cm³/mol. The summed E-state index contributed by atoms with van der Waals surface area (Å²) in [5.74, 6) is 0.867. The summed E-state index contributed by atoms with van der Waals surface area (Å²) < 4.78 is 13.7. The Balaban J connectivity index is 1.86. The Morgan fingerprint density at radius 2 is 1.55 bits per heavy atom. The lowest BCUT2D eigenvalue weighted by atomic mass is 9.69. The summed E-state index contributed by atoms with van der Waals surface area (Å²) in [7, 11) is 0. The third-order valence-electron chi connectivity index (χ3n) is 6.66. The number of nitrogens with zero attached hydrogens (tertiary/aromatic N) is 3. The standard InChI is InChI=1S/C24H34FN3S/c1-23(2,3)26-21-20(27-16-8-5-9-17-27)24(14-6-4-7-15-24)22(29)28(21)19-12-10-18(25)11-13-19/h10-13,20H,4-9,14-17H2,1-3H3. The molecule has 3 nitrogen and oxygen atoms in total. The molecule has 2 heterocycles. The van der Waals surface area contributed by atoms with Gasteiger partial charge in [0.25, 0.3) is 0 Å². The maximum absolute atomic E-state index is 13.7. The molecule has 29 heavy (non-hydrogen) atoms. The molecule has 1 aliphatic carbocycles. The third-order valence-corrected chi connectivity index (χ3v) is 7.25. The van der Waals surface area contributed by atoms with Crippen LogP contribution in [-0.2, 0) is 0 Å². The molecule has 1 saturated carbocycles. The maximum atomic E-state index is 13.7. The first kappa shape index (κ1) is 20.9. The number of thiocarbonyl (C=S) groups is 1. The first-order chi connectivity index (χ1) is 13.8. The molecule has 3 fully saturated rings. The van der Waals surface area contributed by atoms with Gasteiger partial charge in [-0.15, -0.1) is 0 Å². The number of halogens is 1. The van der Waals surface area contributed by atoms with Gasteiger partial charge in [0.2, 0.25) is 0 Å². The number of likely N-dealkylation sites (tertiary alicyclic amines) is 1. The van der Waals surface area contributed by atoms with Crippen molar-refractivity contribution in [3.8, 4) is 0 Å². The minimum Gasteiger partial charge on any atom is -0.293 e. The smallest absolute Gasteiger partial charge is 0.127 e. The molecule has 3 aliphatic rings. The Labute approximate surface area is 180 Å². The molecule has 0 bridgehead atoms. The van der Waals surface area contributed by atoms with Crippen LogP contribution in [0.5, 0.6) is 0 Å². The van der Waals surface area contributed by atoms with Crippen LogP contribution in [-0.4, -0.2) is 40.4 Å². The second-order valence-corrected chi connectivity index (χ2v) is 10.4. The van der Waals surface area contributed by atoms with Crippen LogP contribution in [0.1, 0.15) is 72.1 Å². The van der Waals surface area contributed by atoms with Gasteiger partial charge >= 0.3 is 0 Å². The fourth-order valence-electron chi connectivity index (χ4n) is 5.47. The minimum absolute atomic E-state index is 0.0244. The van der Waals surface area contributed by atoms with E-state index in [0.29, 0.717) is 0 Å². The van der Waals surface area contributed by atoms with Gasteiger partial charge in [-0.1, -0.05) is 37.9 Å². The van der Waals surface area contributed by atoms with Gasteiger partial charge in [-0.05, 0) is 83.8 Å². The van der Waals surface area contributed by atoms with Crippen LogP contribution in [0.15, 0.2) is 29.3 Å². The summed E-state index contributed by atoms with van der Waals surface area (Å²) in [6, 6.07) is 7.02. The number of hydrogen-bond donors (Lipinski definition) is 0. The molecule has 5 heteroatoms. The highest BCUT2D eigenvalue weighted by Crippen LogP contribution is 2.50. The van der Waals surface area contributed by atoms with Gasteiger partial charge in [-0.2, -0.15) is 0 Å². The molecular formula is C24H34FN3S. The van der Waals surface area contributed by atoms with Crippen molar-refractivity contribution < 1.29 is 4.39 Å². The molecule has 2 saturated heterocycles. The molecule has 0 N–H and O–H groups in total. The quantitative estimate of drug-likeness (QED) is 0.554. The number of anilines is 1. The average Bonchev–Trinajstić information content (AvgIpc) is 2.90. The molecule has 1 atom stereocenters. The summed E-state index contributed by atoms with van der Waals surface area (Å²) in [6.45, 7) is 8.71. The lowest BCUT2D eigenvalue weighted by Gasteiger charge is -2.44. The number of rotatable bonds is 2. The van der Waals surface area contributed by atoms with E-state index < -0.39 is 0 Å². The number of amidine groups is 1. The van der Waals surface area contributed by atoms with Gasteiger partial charge in [-0.3, -0.25) is 14.8 Å². The molecule has 1 aromatic carbocycles. The van der Waals surface area contributed by atoms with E-state index in [1.807, 2.05) is 12.1 Å². The summed E-state index contributed by atoms with van der Waals surface area (Å²) in [4.78, 5) is 11.1. The van der Waals surface area contributed by atoms with Gasteiger partial charge in [-0.25, -0.2) is 4.39 Å². The molecule has 1 spiro atoms.